The Kier molecular flexibility index (Phi) is 8.17. The van der Waals surface area contributed by atoms with Gasteiger partial charge in [0.1, 0.15) is 11.2 Å². The van der Waals surface area contributed by atoms with Crippen LogP contribution in [0.4, 0.5) is 17.1 Å². The van der Waals surface area contributed by atoms with E-state index < -0.39 is 0 Å². The molecule has 0 saturated heterocycles. The first-order chi connectivity index (χ1) is 30.3. The average molecular weight is 779 g/mol. The monoisotopic (exact) mass is 778 g/mol. The third-order valence-electron chi connectivity index (χ3n) is 12.2. The highest BCUT2D eigenvalue weighted by Gasteiger charge is 2.21. The predicted octanol–water partition coefficient (Wildman–Crippen LogP) is 16.3. The van der Waals surface area contributed by atoms with Crippen LogP contribution in [0.15, 0.2) is 235 Å². The molecule has 2 aromatic heterocycles. The Morgan fingerprint density at radius 2 is 0.852 bits per heavy atom. The standard InChI is InChI=1S/C58H38N2O/c1-3-15-39(16-4-1)47-24-13-19-42-20-14-25-48(57(42)47)41-29-31-43(32-30-41)59(44-33-35-45(36-34-44)60-54-26-10-7-21-49(54)50-22-8-11-27-55(50)60)46-37-52(40-17-5-2-6-18-40)58-53(38-46)51-23-9-12-28-56(51)61-58/h1-38H. The molecule has 0 unspecified atom stereocenters. The van der Waals surface area contributed by atoms with Crippen LogP contribution < -0.4 is 4.90 Å². The van der Waals surface area contributed by atoms with Crippen molar-refractivity contribution in [2.45, 2.75) is 0 Å². The minimum absolute atomic E-state index is 0.878. The van der Waals surface area contributed by atoms with Crippen molar-refractivity contribution in [3.63, 3.8) is 0 Å². The third kappa shape index (κ3) is 5.82. The molecule has 286 valence electrons. The molecule has 0 bridgehead atoms. The van der Waals surface area contributed by atoms with Crippen LogP contribution in [0, 0.1) is 0 Å². The number of benzene rings is 10. The molecular formula is C58H38N2O. The van der Waals surface area contributed by atoms with Gasteiger partial charge in [-0.2, -0.15) is 0 Å². The Morgan fingerprint density at radius 3 is 1.48 bits per heavy atom. The van der Waals surface area contributed by atoms with E-state index in [4.69, 9.17) is 4.42 Å². The van der Waals surface area contributed by atoms with Gasteiger partial charge in [-0.25, -0.2) is 0 Å². The second-order valence-electron chi connectivity index (χ2n) is 15.7. The third-order valence-corrected chi connectivity index (χ3v) is 12.2. The second-order valence-corrected chi connectivity index (χ2v) is 15.7. The first kappa shape index (κ1) is 34.9. The van der Waals surface area contributed by atoms with Gasteiger partial charge in [-0.05, 0) is 105 Å². The van der Waals surface area contributed by atoms with Crippen molar-refractivity contribution in [3.8, 4) is 39.1 Å². The van der Waals surface area contributed by atoms with E-state index in [0.717, 1.165) is 55.8 Å². The van der Waals surface area contributed by atoms with Crippen molar-refractivity contribution in [3.05, 3.63) is 231 Å². The molecule has 0 saturated carbocycles. The zero-order chi connectivity index (χ0) is 40.3. The zero-order valence-corrected chi connectivity index (χ0v) is 33.2. The van der Waals surface area contributed by atoms with Gasteiger partial charge in [0.15, 0.2) is 0 Å². The van der Waals surface area contributed by atoms with E-state index in [1.165, 1.54) is 54.8 Å². The maximum atomic E-state index is 6.63. The Balaban J connectivity index is 1.05. The Morgan fingerprint density at radius 1 is 0.344 bits per heavy atom. The number of anilines is 3. The van der Waals surface area contributed by atoms with E-state index in [2.05, 4.69) is 234 Å². The predicted molar refractivity (Wildman–Crippen MR) is 257 cm³/mol. The minimum atomic E-state index is 0.878. The summed E-state index contributed by atoms with van der Waals surface area (Å²) in [7, 11) is 0. The van der Waals surface area contributed by atoms with Crippen molar-refractivity contribution < 1.29 is 4.42 Å². The highest BCUT2D eigenvalue weighted by Crippen LogP contribution is 2.45. The van der Waals surface area contributed by atoms with Crippen LogP contribution in [0.1, 0.15) is 0 Å². The molecule has 0 aliphatic carbocycles. The largest absolute Gasteiger partial charge is 0.455 e. The SMILES string of the molecule is c1ccc(-c2cc(N(c3ccc(-c4cccc5cccc(-c6ccccc6)c45)cc3)c3ccc(-n4c5ccccc5c5ccccc54)cc3)cc3c2oc2ccccc23)cc1. The fraction of sp³-hybridized carbons (Fsp3) is 0. The van der Waals surface area contributed by atoms with Gasteiger partial charge in [-0.15, -0.1) is 0 Å². The van der Waals surface area contributed by atoms with E-state index in [1.807, 2.05) is 6.07 Å². The van der Waals surface area contributed by atoms with Crippen LogP contribution in [0.25, 0.3) is 93.6 Å². The lowest BCUT2D eigenvalue weighted by Crippen LogP contribution is -2.10. The van der Waals surface area contributed by atoms with Gasteiger partial charge in [-0.1, -0.05) is 164 Å². The molecule has 12 aromatic rings. The van der Waals surface area contributed by atoms with E-state index in [-0.39, 0.29) is 0 Å². The maximum absolute atomic E-state index is 6.63. The molecule has 0 aliphatic heterocycles. The molecule has 3 nitrogen and oxygen atoms in total. The lowest BCUT2D eigenvalue weighted by Gasteiger charge is -2.27. The zero-order valence-electron chi connectivity index (χ0n) is 33.2. The second kappa shape index (κ2) is 14.3. The summed E-state index contributed by atoms with van der Waals surface area (Å²) in [5.41, 5.74) is 15.4. The Bertz CT molecular complexity index is 3510. The van der Waals surface area contributed by atoms with Gasteiger partial charge in [-0.3, -0.25) is 0 Å². The molecule has 0 amide bonds. The molecule has 0 fully saturated rings. The van der Waals surface area contributed by atoms with Crippen molar-refractivity contribution in [2.75, 3.05) is 4.90 Å². The smallest absolute Gasteiger partial charge is 0.143 e. The van der Waals surface area contributed by atoms with Crippen LogP contribution in [0.3, 0.4) is 0 Å². The fourth-order valence-electron chi connectivity index (χ4n) is 9.40. The number of para-hydroxylation sites is 3. The lowest BCUT2D eigenvalue weighted by atomic mass is 9.91. The summed E-state index contributed by atoms with van der Waals surface area (Å²) in [6, 6.07) is 82.9. The van der Waals surface area contributed by atoms with Crippen molar-refractivity contribution in [1.29, 1.82) is 0 Å². The molecule has 12 rings (SSSR count). The molecule has 3 heteroatoms. The topological polar surface area (TPSA) is 21.3 Å². The van der Waals surface area contributed by atoms with Crippen LogP contribution in [-0.2, 0) is 0 Å². The van der Waals surface area contributed by atoms with Crippen LogP contribution >= 0.6 is 0 Å². The van der Waals surface area contributed by atoms with Gasteiger partial charge in [0.05, 0.1) is 11.0 Å². The summed E-state index contributed by atoms with van der Waals surface area (Å²) in [5.74, 6) is 0. The summed E-state index contributed by atoms with van der Waals surface area (Å²) in [6.45, 7) is 0. The number of hydrogen-bond donors (Lipinski definition) is 0. The van der Waals surface area contributed by atoms with Crippen molar-refractivity contribution in [1.82, 2.24) is 4.57 Å². The Hall–Kier alpha value is -8.14. The number of hydrogen-bond acceptors (Lipinski definition) is 2. The maximum Gasteiger partial charge on any atom is 0.143 e. The van der Waals surface area contributed by atoms with Gasteiger partial charge in [0.25, 0.3) is 0 Å². The van der Waals surface area contributed by atoms with Gasteiger partial charge in [0.2, 0.25) is 0 Å². The summed E-state index contributed by atoms with van der Waals surface area (Å²) < 4.78 is 9.01. The first-order valence-corrected chi connectivity index (χ1v) is 20.8. The van der Waals surface area contributed by atoms with Gasteiger partial charge >= 0.3 is 0 Å². The summed E-state index contributed by atoms with van der Waals surface area (Å²) in [5, 5.41) is 7.16. The summed E-state index contributed by atoms with van der Waals surface area (Å²) >= 11 is 0. The molecule has 2 heterocycles. The highest BCUT2D eigenvalue weighted by atomic mass is 16.3. The quantitative estimate of drug-likeness (QED) is 0.161. The first-order valence-electron chi connectivity index (χ1n) is 20.8. The van der Waals surface area contributed by atoms with E-state index in [1.54, 1.807) is 0 Å². The lowest BCUT2D eigenvalue weighted by molar-refractivity contribution is 0.670. The normalized spacial score (nSPS) is 11.6. The van der Waals surface area contributed by atoms with E-state index in [9.17, 15) is 0 Å². The number of aromatic nitrogens is 1. The van der Waals surface area contributed by atoms with Gasteiger partial charge in [0, 0.05) is 49.9 Å². The number of fused-ring (bicyclic) bond motifs is 7. The number of nitrogens with zero attached hydrogens (tertiary/aromatic N) is 2. The molecular weight excluding hydrogens is 741 g/mol. The minimum Gasteiger partial charge on any atom is -0.455 e. The average Bonchev–Trinajstić information content (AvgIpc) is 3.88. The van der Waals surface area contributed by atoms with Crippen LogP contribution in [0.2, 0.25) is 0 Å². The molecule has 10 aromatic carbocycles. The van der Waals surface area contributed by atoms with Crippen molar-refractivity contribution >= 4 is 71.6 Å². The summed E-state index contributed by atoms with van der Waals surface area (Å²) in [6.07, 6.45) is 0. The van der Waals surface area contributed by atoms with E-state index in [0.29, 0.717) is 0 Å². The Labute approximate surface area is 353 Å². The molecule has 0 atom stereocenters. The molecule has 0 N–H and O–H groups in total. The molecule has 61 heavy (non-hydrogen) atoms. The molecule has 0 spiro atoms. The molecule has 0 aliphatic rings. The molecule has 0 radical (unpaired) electrons. The van der Waals surface area contributed by atoms with Gasteiger partial charge < -0.3 is 13.9 Å². The fourth-order valence-corrected chi connectivity index (χ4v) is 9.40. The number of furan rings is 1. The number of rotatable bonds is 7. The van der Waals surface area contributed by atoms with Crippen molar-refractivity contribution in [2.24, 2.45) is 0 Å². The summed E-state index contributed by atoms with van der Waals surface area (Å²) in [4.78, 5) is 2.38. The van der Waals surface area contributed by atoms with Crippen LogP contribution in [0.5, 0.6) is 0 Å². The van der Waals surface area contributed by atoms with Crippen LogP contribution in [-0.4, -0.2) is 4.57 Å². The van der Waals surface area contributed by atoms with E-state index >= 15 is 0 Å². The highest BCUT2D eigenvalue weighted by molar-refractivity contribution is 6.12.